The van der Waals surface area contributed by atoms with E-state index < -0.39 is 11.7 Å². The van der Waals surface area contributed by atoms with E-state index in [1.54, 1.807) is 18.2 Å². The van der Waals surface area contributed by atoms with Gasteiger partial charge in [-0.2, -0.15) is 13.2 Å². The van der Waals surface area contributed by atoms with E-state index in [0.29, 0.717) is 16.6 Å². The van der Waals surface area contributed by atoms with Crippen LogP contribution in [0.5, 0.6) is 0 Å². The largest absolute Gasteiger partial charge is 0.416 e. The highest BCUT2D eigenvalue weighted by Gasteiger charge is 2.30. The highest BCUT2D eigenvalue weighted by Crippen LogP contribution is 2.29. The van der Waals surface area contributed by atoms with E-state index in [-0.39, 0.29) is 18.0 Å². The quantitative estimate of drug-likeness (QED) is 0.680. The van der Waals surface area contributed by atoms with Crippen molar-refractivity contribution in [3.63, 3.8) is 0 Å². The van der Waals surface area contributed by atoms with E-state index in [2.05, 4.69) is 27.1 Å². The number of alkyl halides is 3. The summed E-state index contributed by atoms with van der Waals surface area (Å²) < 4.78 is 38.1. The molecule has 0 saturated carbocycles. The Hall–Kier alpha value is -3.40. The number of aryl methyl sites for hydroxylation is 2. The normalized spacial score (nSPS) is 11.0. The number of carbonyl (C=O) groups excluding carboxylic acids is 1. The number of hydrogen-bond donors (Lipinski definition) is 1. The predicted molar refractivity (Wildman–Crippen MR) is 99.7 cm³/mol. The number of rotatable bonds is 2. The maximum Gasteiger partial charge on any atom is 0.416 e. The van der Waals surface area contributed by atoms with Crippen LogP contribution in [0.2, 0.25) is 0 Å². The summed E-state index contributed by atoms with van der Waals surface area (Å²) in [6.07, 6.45) is -4.41. The molecule has 0 saturated heterocycles. The van der Waals surface area contributed by atoms with Gasteiger partial charge in [0.25, 0.3) is 5.91 Å². The molecule has 0 aliphatic heterocycles. The highest BCUT2D eigenvalue weighted by atomic mass is 19.4. The van der Waals surface area contributed by atoms with E-state index in [9.17, 15) is 18.0 Å². The Labute approximate surface area is 159 Å². The average molecular weight is 383 g/mol. The Morgan fingerprint density at radius 2 is 1.75 bits per heavy atom. The number of amides is 1. The molecule has 2 aromatic carbocycles. The van der Waals surface area contributed by atoms with Crippen molar-refractivity contribution >= 4 is 16.9 Å². The maximum absolute atomic E-state index is 12.7. The van der Waals surface area contributed by atoms with Crippen molar-refractivity contribution in [3.05, 3.63) is 70.5 Å². The van der Waals surface area contributed by atoms with Gasteiger partial charge in [-0.3, -0.25) is 4.79 Å². The molecule has 142 valence electrons. The molecule has 0 aliphatic carbocycles. The highest BCUT2D eigenvalue weighted by molar-refractivity contribution is 5.97. The van der Waals surface area contributed by atoms with Gasteiger partial charge in [0.15, 0.2) is 0 Å². The lowest BCUT2D eigenvalue weighted by Crippen LogP contribution is -2.23. The average Bonchev–Trinajstić information content (AvgIpc) is 2.65. The second kappa shape index (κ2) is 7.69. The van der Waals surface area contributed by atoms with Crippen molar-refractivity contribution in [2.45, 2.75) is 20.0 Å². The second-order valence-corrected chi connectivity index (χ2v) is 6.16. The van der Waals surface area contributed by atoms with Gasteiger partial charge >= 0.3 is 6.18 Å². The molecule has 0 bridgehead atoms. The molecular weight excluding hydrogens is 367 g/mol. The SMILES string of the molecule is Cc1nc2ccc(C(=O)NCC#Cc3cccc(C(F)(F)F)c3)cc2nc1C. The van der Waals surface area contributed by atoms with Gasteiger partial charge in [-0.1, -0.05) is 17.9 Å². The van der Waals surface area contributed by atoms with Gasteiger partial charge < -0.3 is 5.32 Å². The lowest BCUT2D eigenvalue weighted by Gasteiger charge is -2.06. The van der Waals surface area contributed by atoms with E-state index in [4.69, 9.17) is 0 Å². The number of nitrogens with zero attached hydrogens (tertiary/aromatic N) is 2. The summed E-state index contributed by atoms with van der Waals surface area (Å²) in [4.78, 5) is 21.1. The zero-order valence-electron chi connectivity index (χ0n) is 15.2. The van der Waals surface area contributed by atoms with E-state index in [1.165, 1.54) is 12.1 Å². The van der Waals surface area contributed by atoms with Crippen LogP contribution < -0.4 is 5.32 Å². The molecule has 0 fully saturated rings. The van der Waals surface area contributed by atoms with Gasteiger partial charge in [0.1, 0.15) is 0 Å². The first-order valence-corrected chi connectivity index (χ1v) is 8.43. The molecule has 3 rings (SSSR count). The molecule has 0 spiro atoms. The van der Waals surface area contributed by atoms with Crippen LogP contribution >= 0.6 is 0 Å². The fourth-order valence-corrected chi connectivity index (χ4v) is 2.52. The number of carbonyl (C=O) groups is 1. The fraction of sp³-hybridized carbons (Fsp3) is 0.190. The Kier molecular flexibility index (Phi) is 5.32. The van der Waals surface area contributed by atoms with E-state index in [1.807, 2.05) is 13.8 Å². The summed E-state index contributed by atoms with van der Waals surface area (Å²) in [5.41, 5.74) is 2.81. The third-order valence-corrected chi connectivity index (χ3v) is 4.10. The summed E-state index contributed by atoms with van der Waals surface area (Å²) in [5.74, 6) is 4.93. The first-order chi connectivity index (χ1) is 13.2. The van der Waals surface area contributed by atoms with E-state index in [0.717, 1.165) is 23.5 Å². The van der Waals surface area contributed by atoms with Gasteiger partial charge in [0.2, 0.25) is 0 Å². The zero-order chi connectivity index (χ0) is 20.3. The van der Waals surface area contributed by atoms with Crippen LogP contribution in [-0.4, -0.2) is 22.4 Å². The van der Waals surface area contributed by atoms with Gasteiger partial charge in [-0.05, 0) is 50.2 Å². The van der Waals surface area contributed by atoms with Crippen molar-refractivity contribution < 1.29 is 18.0 Å². The molecular formula is C21H16F3N3O. The van der Waals surface area contributed by atoms with Crippen LogP contribution in [0.3, 0.4) is 0 Å². The molecule has 0 aliphatic rings. The van der Waals surface area contributed by atoms with Crippen molar-refractivity contribution in [3.8, 4) is 11.8 Å². The lowest BCUT2D eigenvalue weighted by molar-refractivity contribution is -0.137. The number of halogens is 3. The number of hydrogen-bond acceptors (Lipinski definition) is 3. The molecule has 3 aromatic rings. The lowest BCUT2D eigenvalue weighted by atomic mass is 10.1. The first-order valence-electron chi connectivity index (χ1n) is 8.43. The van der Waals surface area contributed by atoms with Crippen LogP contribution in [0.15, 0.2) is 42.5 Å². The summed E-state index contributed by atoms with van der Waals surface area (Å²) in [6.45, 7) is 3.72. The summed E-state index contributed by atoms with van der Waals surface area (Å²) in [7, 11) is 0. The van der Waals surface area contributed by atoms with Crippen LogP contribution in [0.25, 0.3) is 11.0 Å². The third kappa shape index (κ3) is 4.46. The smallest absolute Gasteiger partial charge is 0.341 e. The van der Waals surface area contributed by atoms with Crippen LogP contribution in [0.4, 0.5) is 13.2 Å². The van der Waals surface area contributed by atoms with Crippen molar-refractivity contribution in [1.29, 1.82) is 0 Å². The minimum absolute atomic E-state index is 0.00567. The molecule has 0 atom stereocenters. The van der Waals surface area contributed by atoms with Crippen molar-refractivity contribution in [1.82, 2.24) is 15.3 Å². The molecule has 4 nitrogen and oxygen atoms in total. The Bertz CT molecular complexity index is 1110. The summed E-state index contributed by atoms with van der Waals surface area (Å²) >= 11 is 0. The van der Waals surface area contributed by atoms with Crippen LogP contribution in [0.1, 0.15) is 32.9 Å². The first kappa shape index (κ1) is 19.4. The number of aromatic nitrogens is 2. The molecule has 1 heterocycles. The van der Waals surface area contributed by atoms with Crippen LogP contribution in [-0.2, 0) is 6.18 Å². The standard InChI is InChI=1S/C21H16F3N3O/c1-13-14(2)27-19-12-16(8-9-18(19)26-13)20(28)25-10-4-6-15-5-3-7-17(11-15)21(22,23)24/h3,5,7-9,11-12H,10H2,1-2H3,(H,25,28). The summed E-state index contributed by atoms with van der Waals surface area (Å²) in [6, 6.07) is 9.74. The van der Waals surface area contributed by atoms with Gasteiger partial charge in [0.05, 0.1) is 34.5 Å². The topological polar surface area (TPSA) is 54.9 Å². The molecule has 28 heavy (non-hydrogen) atoms. The molecule has 7 heteroatoms. The second-order valence-electron chi connectivity index (χ2n) is 6.16. The number of nitrogens with one attached hydrogen (secondary N) is 1. The van der Waals surface area contributed by atoms with Gasteiger partial charge in [0, 0.05) is 11.1 Å². The minimum Gasteiger partial charge on any atom is -0.341 e. The van der Waals surface area contributed by atoms with E-state index >= 15 is 0 Å². The molecule has 1 N–H and O–H groups in total. The number of fused-ring (bicyclic) bond motifs is 1. The van der Waals surface area contributed by atoms with Crippen molar-refractivity contribution in [2.24, 2.45) is 0 Å². The molecule has 1 aromatic heterocycles. The Morgan fingerprint density at radius 3 is 2.46 bits per heavy atom. The summed E-state index contributed by atoms with van der Waals surface area (Å²) in [5, 5.41) is 2.62. The fourth-order valence-electron chi connectivity index (χ4n) is 2.52. The maximum atomic E-state index is 12.7. The predicted octanol–water partition coefficient (Wildman–Crippen LogP) is 4.05. The minimum atomic E-state index is -4.41. The van der Waals surface area contributed by atoms with Gasteiger partial charge in [-0.25, -0.2) is 9.97 Å². The molecule has 0 unspecified atom stereocenters. The Balaban J connectivity index is 1.68. The third-order valence-electron chi connectivity index (χ3n) is 4.10. The van der Waals surface area contributed by atoms with Crippen molar-refractivity contribution in [2.75, 3.05) is 6.54 Å². The van der Waals surface area contributed by atoms with Gasteiger partial charge in [-0.15, -0.1) is 0 Å². The molecule has 1 amide bonds. The molecule has 0 radical (unpaired) electrons. The Morgan fingerprint density at radius 1 is 1.04 bits per heavy atom. The monoisotopic (exact) mass is 383 g/mol. The van der Waals surface area contributed by atoms with Crippen LogP contribution in [0, 0.1) is 25.7 Å². The zero-order valence-corrected chi connectivity index (χ0v) is 15.2. The number of benzene rings is 2.